The second-order valence-electron chi connectivity index (χ2n) is 8.15. The lowest BCUT2D eigenvalue weighted by molar-refractivity contribution is 0.0362. The minimum atomic E-state index is -4.08. The summed E-state index contributed by atoms with van der Waals surface area (Å²) in [5, 5.41) is 0. The van der Waals surface area contributed by atoms with Crippen LogP contribution < -0.4 is 0 Å². The van der Waals surface area contributed by atoms with Crippen LogP contribution in [0.2, 0.25) is 0 Å². The highest BCUT2D eigenvalue weighted by Crippen LogP contribution is 2.24. The van der Waals surface area contributed by atoms with Crippen molar-refractivity contribution in [2.75, 3.05) is 53.0 Å². The van der Waals surface area contributed by atoms with Crippen LogP contribution in [0.4, 0.5) is 4.39 Å². The van der Waals surface area contributed by atoms with Crippen LogP contribution in [0.5, 0.6) is 0 Å². The number of morpholine rings is 1. The largest absolute Gasteiger partial charge is 0.464 e. The molecule has 1 aliphatic heterocycles. The van der Waals surface area contributed by atoms with E-state index in [1.54, 1.807) is 25.5 Å². The lowest BCUT2D eigenvalue weighted by Crippen LogP contribution is -2.44. The Balaban J connectivity index is 1.93. The van der Waals surface area contributed by atoms with Gasteiger partial charge in [-0.2, -0.15) is 4.31 Å². The third-order valence-corrected chi connectivity index (χ3v) is 7.99. The van der Waals surface area contributed by atoms with Crippen LogP contribution in [-0.4, -0.2) is 87.0 Å². The third kappa shape index (κ3) is 5.38. The van der Waals surface area contributed by atoms with E-state index in [1.165, 1.54) is 19.2 Å². The number of hydrogen-bond acceptors (Lipinski definition) is 7. The number of carbonyl (C=O) groups is 2. The number of Topliss-reactive ketones (excluding diaryl/α,β-unsaturated/α-hetero) is 1. The smallest absolute Gasteiger partial charge is 0.354 e. The van der Waals surface area contributed by atoms with E-state index in [2.05, 4.69) is 4.90 Å². The molecular formula is C23H30FN3O6S. The lowest BCUT2D eigenvalue weighted by Gasteiger charge is -2.29. The fraction of sp³-hybridized carbons (Fsp3) is 0.478. The van der Waals surface area contributed by atoms with Gasteiger partial charge in [0.2, 0.25) is 10.0 Å². The van der Waals surface area contributed by atoms with Crippen molar-refractivity contribution in [3.05, 3.63) is 52.6 Å². The van der Waals surface area contributed by atoms with Crippen LogP contribution >= 0.6 is 0 Å². The van der Waals surface area contributed by atoms with E-state index in [-0.39, 0.29) is 22.7 Å². The third-order valence-electron chi connectivity index (χ3n) is 6.13. The SMILES string of the molecule is COC(=O)c1c(C)c(C(=O)CN(CCN2CCOCC2)S(=O)(=O)c2ccc(F)cc2)c(C)n1C. The number of ketones is 1. The van der Waals surface area contributed by atoms with E-state index >= 15 is 0 Å². The highest BCUT2D eigenvalue weighted by molar-refractivity contribution is 7.89. The molecule has 34 heavy (non-hydrogen) atoms. The second kappa shape index (κ2) is 10.8. The molecule has 3 rings (SSSR count). The van der Waals surface area contributed by atoms with Crippen molar-refractivity contribution >= 4 is 21.8 Å². The highest BCUT2D eigenvalue weighted by atomic mass is 32.2. The fourth-order valence-corrected chi connectivity index (χ4v) is 5.52. The van der Waals surface area contributed by atoms with E-state index in [0.29, 0.717) is 44.1 Å². The van der Waals surface area contributed by atoms with E-state index in [4.69, 9.17) is 9.47 Å². The molecule has 2 aromatic rings. The Kier molecular flexibility index (Phi) is 8.24. The predicted octanol–water partition coefficient (Wildman–Crippen LogP) is 1.77. The Morgan fingerprint density at radius 2 is 1.76 bits per heavy atom. The molecule has 1 aliphatic rings. The molecule has 0 N–H and O–H groups in total. The first-order valence-electron chi connectivity index (χ1n) is 10.9. The highest BCUT2D eigenvalue weighted by Gasteiger charge is 2.31. The summed E-state index contributed by atoms with van der Waals surface area (Å²) in [5.41, 5.74) is 1.50. The molecule has 1 aromatic heterocycles. The molecule has 0 unspecified atom stereocenters. The number of ether oxygens (including phenoxy) is 2. The van der Waals surface area contributed by atoms with Crippen LogP contribution in [0, 0.1) is 19.7 Å². The van der Waals surface area contributed by atoms with Gasteiger partial charge in [0, 0.05) is 44.5 Å². The number of esters is 1. The Labute approximate surface area is 199 Å². The van der Waals surface area contributed by atoms with E-state index in [0.717, 1.165) is 16.4 Å². The summed E-state index contributed by atoms with van der Waals surface area (Å²) < 4.78 is 53.1. The predicted molar refractivity (Wildman–Crippen MR) is 123 cm³/mol. The fourth-order valence-electron chi connectivity index (χ4n) is 4.13. The van der Waals surface area contributed by atoms with Crippen molar-refractivity contribution in [1.82, 2.24) is 13.8 Å². The van der Waals surface area contributed by atoms with Crippen molar-refractivity contribution in [1.29, 1.82) is 0 Å². The molecule has 0 bridgehead atoms. The first-order chi connectivity index (χ1) is 16.1. The summed E-state index contributed by atoms with van der Waals surface area (Å²) >= 11 is 0. The number of aromatic nitrogens is 1. The van der Waals surface area contributed by atoms with Crippen molar-refractivity contribution in [2.24, 2.45) is 7.05 Å². The van der Waals surface area contributed by atoms with Gasteiger partial charge in [-0.3, -0.25) is 9.69 Å². The van der Waals surface area contributed by atoms with Gasteiger partial charge in [-0.15, -0.1) is 0 Å². The normalized spacial score (nSPS) is 15.0. The standard InChI is InChI=1S/C23H30FN3O6S/c1-16-21(17(2)25(3)22(16)23(29)32-4)20(28)15-27(10-9-26-11-13-33-14-12-26)34(30,31)19-7-5-18(24)6-8-19/h5-8H,9-15H2,1-4H3. The van der Waals surface area contributed by atoms with Crippen LogP contribution in [0.1, 0.15) is 32.1 Å². The monoisotopic (exact) mass is 495 g/mol. The minimum Gasteiger partial charge on any atom is -0.464 e. The maximum atomic E-state index is 13.4. The van der Waals surface area contributed by atoms with Crippen molar-refractivity contribution in [3.63, 3.8) is 0 Å². The van der Waals surface area contributed by atoms with Gasteiger partial charge in [0.15, 0.2) is 5.78 Å². The van der Waals surface area contributed by atoms with Gasteiger partial charge in [0.25, 0.3) is 0 Å². The molecule has 1 saturated heterocycles. The first kappa shape index (κ1) is 26.0. The number of sulfonamides is 1. The van der Waals surface area contributed by atoms with Gasteiger partial charge in [-0.05, 0) is 43.7 Å². The molecule has 0 radical (unpaired) electrons. The van der Waals surface area contributed by atoms with Gasteiger partial charge in [0.05, 0.1) is 31.8 Å². The molecule has 9 nitrogen and oxygen atoms in total. The zero-order chi connectivity index (χ0) is 25.0. The number of carbonyl (C=O) groups excluding carboxylic acids is 2. The van der Waals surface area contributed by atoms with Gasteiger partial charge in [0.1, 0.15) is 11.5 Å². The summed E-state index contributed by atoms with van der Waals surface area (Å²) in [6.45, 7) is 5.84. The second-order valence-corrected chi connectivity index (χ2v) is 10.1. The van der Waals surface area contributed by atoms with E-state index in [9.17, 15) is 22.4 Å². The van der Waals surface area contributed by atoms with Crippen LogP contribution in [0.25, 0.3) is 0 Å². The van der Waals surface area contributed by atoms with Crippen molar-refractivity contribution < 1.29 is 31.9 Å². The lowest BCUT2D eigenvalue weighted by atomic mass is 10.1. The van der Waals surface area contributed by atoms with Gasteiger partial charge in [-0.1, -0.05) is 0 Å². The van der Waals surface area contributed by atoms with E-state index in [1.807, 2.05) is 0 Å². The molecular weight excluding hydrogens is 465 g/mol. The topological polar surface area (TPSA) is 98.2 Å². The molecule has 11 heteroatoms. The average molecular weight is 496 g/mol. The number of rotatable bonds is 9. The summed E-state index contributed by atoms with van der Waals surface area (Å²) in [4.78, 5) is 27.6. The molecule has 0 aliphatic carbocycles. The number of nitrogens with zero attached hydrogens (tertiary/aromatic N) is 3. The number of hydrogen-bond donors (Lipinski definition) is 0. The van der Waals surface area contributed by atoms with Crippen LogP contribution in [0.3, 0.4) is 0 Å². The summed E-state index contributed by atoms with van der Waals surface area (Å²) in [6.07, 6.45) is 0. The Bertz CT molecular complexity index is 1150. The Morgan fingerprint density at radius 1 is 1.15 bits per heavy atom. The number of methoxy groups -OCH3 is 1. The first-order valence-corrected chi connectivity index (χ1v) is 12.3. The maximum Gasteiger partial charge on any atom is 0.354 e. The number of halogens is 1. The molecule has 1 aromatic carbocycles. The number of benzene rings is 1. The Hall–Kier alpha value is -2.60. The summed E-state index contributed by atoms with van der Waals surface area (Å²) in [6, 6.07) is 4.52. The zero-order valence-corrected chi connectivity index (χ0v) is 20.7. The van der Waals surface area contributed by atoms with Gasteiger partial charge < -0.3 is 14.0 Å². The Morgan fingerprint density at radius 3 is 2.35 bits per heavy atom. The molecule has 2 heterocycles. The quantitative estimate of drug-likeness (QED) is 0.386. The average Bonchev–Trinajstić information content (AvgIpc) is 3.04. The minimum absolute atomic E-state index is 0.0697. The molecule has 0 spiro atoms. The van der Waals surface area contributed by atoms with Gasteiger partial charge in [-0.25, -0.2) is 17.6 Å². The van der Waals surface area contributed by atoms with E-state index < -0.39 is 34.1 Å². The summed E-state index contributed by atoms with van der Waals surface area (Å²) in [7, 11) is -1.17. The zero-order valence-electron chi connectivity index (χ0n) is 19.8. The molecule has 0 atom stereocenters. The molecule has 0 saturated carbocycles. The maximum absolute atomic E-state index is 13.4. The molecule has 1 fully saturated rings. The van der Waals surface area contributed by atoms with Gasteiger partial charge >= 0.3 is 5.97 Å². The summed E-state index contributed by atoms with van der Waals surface area (Å²) in [5.74, 6) is -1.57. The molecule has 186 valence electrons. The van der Waals surface area contributed by atoms with Crippen molar-refractivity contribution in [2.45, 2.75) is 18.7 Å². The van der Waals surface area contributed by atoms with Crippen LogP contribution in [-0.2, 0) is 26.5 Å². The van der Waals surface area contributed by atoms with Crippen LogP contribution in [0.15, 0.2) is 29.2 Å². The van der Waals surface area contributed by atoms with Crippen molar-refractivity contribution in [3.8, 4) is 0 Å². The molecule has 0 amide bonds.